The van der Waals surface area contributed by atoms with Gasteiger partial charge in [0, 0.05) is 29.5 Å². The van der Waals surface area contributed by atoms with Crippen molar-refractivity contribution in [3.8, 4) is 39.5 Å². The van der Waals surface area contributed by atoms with Crippen molar-refractivity contribution < 1.29 is 9.26 Å². The van der Waals surface area contributed by atoms with E-state index >= 15 is 0 Å². The lowest BCUT2D eigenvalue weighted by molar-refractivity contribution is 0.380. The minimum Gasteiger partial charge on any atom is -0.497 e. The molecule has 3 heterocycles. The second-order valence-electron chi connectivity index (χ2n) is 7.16. The molecule has 1 aromatic carbocycles. The minimum absolute atomic E-state index is 0.147. The maximum absolute atomic E-state index is 13.2. The summed E-state index contributed by atoms with van der Waals surface area (Å²) in [6, 6.07) is 11.7. The van der Waals surface area contributed by atoms with E-state index in [-0.39, 0.29) is 5.56 Å². The summed E-state index contributed by atoms with van der Waals surface area (Å²) in [7, 11) is 3.43. The molecule has 4 aromatic rings. The van der Waals surface area contributed by atoms with E-state index in [2.05, 4.69) is 10.1 Å². The molecule has 7 heteroatoms. The second kappa shape index (κ2) is 7.00. The van der Waals surface area contributed by atoms with Crippen LogP contribution in [0.2, 0.25) is 0 Å². The van der Waals surface area contributed by atoms with Crippen LogP contribution in [-0.2, 0) is 7.05 Å². The number of aromatic nitrogens is 3. The van der Waals surface area contributed by atoms with Gasteiger partial charge in [-0.2, -0.15) is 16.3 Å². The lowest BCUT2D eigenvalue weighted by atomic mass is 9.98. The molecule has 0 atom stereocenters. The summed E-state index contributed by atoms with van der Waals surface area (Å²) in [5.41, 5.74) is 4.06. The van der Waals surface area contributed by atoms with Crippen LogP contribution in [0, 0.1) is 0 Å². The molecule has 1 fully saturated rings. The molecule has 0 saturated heterocycles. The number of hydrogen-bond acceptors (Lipinski definition) is 6. The van der Waals surface area contributed by atoms with Gasteiger partial charge in [-0.05, 0) is 48.1 Å². The quantitative estimate of drug-likeness (QED) is 0.481. The number of hydrogen-bond donors (Lipinski definition) is 0. The number of methoxy groups -OCH3 is 1. The third-order valence-electron chi connectivity index (χ3n) is 5.22. The van der Waals surface area contributed by atoms with E-state index in [1.54, 1.807) is 30.1 Å². The zero-order valence-corrected chi connectivity index (χ0v) is 16.9. The SMILES string of the molecule is COc1ccc(-c2cc(-c3noc(C4CC4)n3)c(=O)n(C)c2-c2ccsc2)cc1. The van der Waals surface area contributed by atoms with Gasteiger partial charge in [0.2, 0.25) is 11.7 Å². The van der Waals surface area contributed by atoms with Gasteiger partial charge in [-0.15, -0.1) is 0 Å². The number of pyridine rings is 1. The Labute approximate surface area is 171 Å². The zero-order chi connectivity index (χ0) is 20.0. The first-order chi connectivity index (χ1) is 14.2. The first kappa shape index (κ1) is 17.9. The molecule has 0 bridgehead atoms. The molecule has 1 saturated carbocycles. The van der Waals surface area contributed by atoms with Crippen LogP contribution in [0.5, 0.6) is 5.75 Å². The molecule has 0 unspecified atom stereocenters. The largest absolute Gasteiger partial charge is 0.497 e. The maximum Gasteiger partial charge on any atom is 0.262 e. The lowest BCUT2D eigenvalue weighted by Crippen LogP contribution is -2.21. The lowest BCUT2D eigenvalue weighted by Gasteiger charge is -2.15. The topological polar surface area (TPSA) is 70.2 Å². The third kappa shape index (κ3) is 3.17. The number of nitrogens with zero attached hydrogens (tertiary/aromatic N) is 3. The highest BCUT2D eigenvalue weighted by Gasteiger charge is 2.30. The van der Waals surface area contributed by atoms with Crippen molar-refractivity contribution in [1.29, 1.82) is 0 Å². The van der Waals surface area contributed by atoms with E-state index in [4.69, 9.17) is 9.26 Å². The highest BCUT2D eigenvalue weighted by molar-refractivity contribution is 7.08. The van der Waals surface area contributed by atoms with E-state index in [1.807, 2.05) is 47.2 Å². The predicted molar refractivity (Wildman–Crippen MR) is 112 cm³/mol. The van der Waals surface area contributed by atoms with Crippen LogP contribution in [0.25, 0.3) is 33.8 Å². The van der Waals surface area contributed by atoms with E-state index in [1.165, 1.54) is 0 Å². The molecule has 1 aliphatic carbocycles. The van der Waals surface area contributed by atoms with Gasteiger partial charge in [0.25, 0.3) is 5.56 Å². The predicted octanol–water partition coefficient (Wildman–Crippen LogP) is 4.72. The Balaban J connectivity index is 1.73. The molecule has 5 rings (SSSR count). The van der Waals surface area contributed by atoms with Crippen molar-refractivity contribution in [3.05, 3.63) is 63.4 Å². The molecular weight excluding hydrogens is 386 g/mol. The van der Waals surface area contributed by atoms with Gasteiger partial charge in [-0.25, -0.2) is 0 Å². The van der Waals surface area contributed by atoms with Crippen LogP contribution in [0.15, 0.2) is 56.5 Å². The Morgan fingerprint density at radius 3 is 2.59 bits per heavy atom. The molecule has 0 radical (unpaired) electrons. The molecule has 0 aliphatic heterocycles. The van der Waals surface area contributed by atoms with E-state index in [0.717, 1.165) is 41.0 Å². The average molecular weight is 405 g/mol. The van der Waals surface area contributed by atoms with Crippen LogP contribution in [0.4, 0.5) is 0 Å². The van der Waals surface area contributed by atoms with Gasteiger partial charge < -0.3 is 13.8 Å². The van der Waals surface area contributed by atoms with Gasteiger partial charge in [0.05, 0.1) is 18.4 Å². The summed E-state index contributed by atoms with van der Waals surface area (Å²) in [6.45, 7) is 0. The summed E-state index contributed by atoms with van der Waals surface area (Å²) in [4.78, 5) is 17.7. The average Bonchev–Trinajstić information content (AvgIpc) is 3.24. The van der Waals surface area contributed by atoms with Gasteiger partial charge >= 0.3 is 0 Å². The first-order valence-corrected chi connectivity index (χ1v) is 10.3. The van der Waals surface area contributed by atoms with Gasteiger partial charge in [0.15, 0.2) is 0 Å². The van der Waals surface area contributed by atoms with Crippen LogP contribution in [-0.4, -0.2) is 21.8 Å². The van der Waals surface area contributed by atoms with E-state index in [0.29, 0.717) is 23.2 Å². The van der Waals surface area contributed by atoms with Crippen molar-refractivity contribution in [3.63, 3.8) is 0 Å². The van der Waals surface area contributed by atoms with Crippen LogP contribution in [0.1, 0.15) is 24.7 Å². The van der Waals surface area contributed by atoms with Crippen molar-refractivity contribution in [2.45, 2.75) is 18.8 Å². The Hall–Kier alpha value is -3.19. The van der Waals surface area contributed by atoms with Crippen LogP contribution < -0.4 is 10.3 Å². The zero-order valence-electron chi connectivity index (χ0n) is 16.1. The highest BCUT2D eigenvalue weighted by atomic mass is 32.1. The van der Waals surface area contributed by atoms with Crippen molar-refractivity contribution in [2.24, 2.45) is 7.05 Å². The Morgan fingerprint density at radius 1 is 1.14 bits per heavy atom. The highest BCUT2D eigenvalue weighted by Crippen LogP contribution is 2.40. The fraction of sp³-hybridized carbons (Fsp3) is 0.227. The van der Waals surface area contributed by atoms with Gasteiger partial charge in [-0.3, -0.25) is 4.79 Å². The molecule has 146 valence electrons. The molecule has 0 spiro atoms. The Bertz CT molecular complexity index is 1220. The summed E-state index contributed by atoms with van der Waals surface area (Å²) in [5.74, 6) is 2.09. The van der Waals surface area contributed by atoms with E-state index < -0.39 is 0 Å². The molecular formula is C22H19N3O3S. The summed E-state index contributed by atoms with van der Waals surface area (Å²) >= 11 is 1.60. The third-order valence-corrected chi connectivity index (χ3v) is 5.90. The van der Waals surface area contributed by atoms with Gasteiger partial charge in [-0.1, -0.05) is 17.3 Å². The molecule has 3 aromatic heterocycles. The first-order valence-electron chi connectivity index (χ1n) is 9.40. The number of rotatable bonds is 5. The van der Waals surface area contributed by atoms with Crippen molar-refractivity contribution in [1.82, 2.24) is 14.7 Å². The second-order valence-corrected chi connectivity index (χ2v) is 7.94. The minimum atomic E-state index is -0.147. The molecule has 6 nitrogen and oxygen atoms in total. The number of thiophene rings is 1. The van der Waals surface area contributed by atoms with Crippen molar-refractivity contribution >= 4 is 11.3 Å². The summed E-state index contributed by atoms with van der Waals surface area (Å²) < 4.78 is 12.4. The molecule has 0 N–H and O–H groups in total. The molecule has 0 amide bonds. The normalized spacial score (nSPS) is 13.6. The summed E-state index contributed by atoms with van der Waals surface area (Å²) in [6.07, 6.45) is 2.13. The fourth-order valence-corrected chi connectivity index (χ4v) is 4.12. The number of benzene rings is 1. The summed E-state index contributed by atoms with van der Waals surface area (Å²) in [5, 5.41) is 8.14. The maximum atomic E-state index is 13.2. The monoisotopic (exact) mass is 405 g/mol. The standard InChI is InChI=1S/C22H19N3O3S/c1-25-19(15-9-10-29-12-15)17(13-5-7-16(27-2)8-6-13)11-18(22(25)26)20-23-21(28-24-20)14-3-4-14/h5-12,14H,3-4H2,1-2H3. The number of ether oxygens (including phenoxy) is 1. The molecule has 1 aliphatic rings. The van der Waals surface area contributed by atoms with Gasteiger partial charge in [0.1, 0.15) is 5.75 Å². The van der Waals surface area contributed by atoms with E-state index in [9.17, 15) is 4.79 Å². The van der Waals surface area contributed by atoms with Crippen molar-refractivity contribution in [2.75, 3.05) is 7.11 Å². The Morgan fingerprint density at radius 2 is 1.93 bits per heavy atom. The Kier molecular flexibility index (Phi) is 4.32. The van der Waals surface area contributed by atoms with Crippen LogP contribution in [0.3, 0.4) is 0 Å². The fourth-order valence-electron chi connectivity index (χ4n) is 3.48. The molecule has 29 heavy (non-hydrogen) atoms. The smallest absolute Gasteiger partial charge is 0.262 e. The van der Waals surface area contributed by atoms with Crippen LogP contribution >= 0.6 is 11.3 Å².